The maximum absolute atomic E-state index is 8.37. The number of nitrogens with zero attached hydrogens (tertiary/aromatic N) is 1. The van der Waals surface area contributed by atoms with Gasteiger partial charge in [-0.25, -0.2) is 4.57 Å². The lowest BCUT2D eigenvalue weighted by Crippen LogP contribution is -2.33. The van der Waals surface area contributed by atoms with Gasteiger partial charge in [0.25, 0.3) is 0 Å². The van der Waals surface area contributed by atoms with Crippen LogP contribution in [0.5, 0.6) is 0 Å². The van der Waals surface area contributed by atoms with Crippen molar-refractivity contribution in [1.29, 1.82) is 0 Å². The third-order valence-electron chi connectivity index (χ3n) is 3.29. The van der Waals surface area contributed by atoms with Crippen molar-refractivity contribution in [3.63, 3.8) is 0 Å². The maximum Gasteiger partial charge on any atom is 0.212 e. The molecule has 94 valence electrons. The minimum absolute atomic E-state index is 0.000887. The van der Waals surface area contributed by atoms with Crippen LogP contribution in [0.4, 0.5) is 0 Å². The van der Waals surface area contributed by atoms with Gasteiger partial charge in [0.05, 0.1) is 0 Å². The Kier molecular flexibility index (Phi) is 2.91. The van der Waals surface area contributed by atoms with Crippen LogP contribution in [-0.2, 0) is 12.5 Å². The molecule has 0 saturated heterocycles. The van der Waals surface area contributed by atoms with E-state index in [0.29, 0.717) is 6.17 Å². The molecular formula is C17H22N+. The molecule has 0 radical (unpaired) electrons. The second-order valence-corrected chi connectivity index (χ2v) is 5.87. The Balaban J connectivity index is 2.64. The van der Waals surface area contributed by atoms with E-state index in [1.807, 2.05) is 23.7 Å². The Morgan fingerprint density at radius 1 is 1.06 bits per heavy atom. The number of aromatic nitrogens is 1. The molecule has 0 aliphatic carbocycles. The van der Waals surface area contributed by atoms with Crippen molar-refractivity contribution < 1.29 is 5.94 Å². The minimum Gasteiger partial charge on any atom is -0.201 e. The molecule has 0 saturated carbocycles. The molecule has 2 aromatic rings. The van der Waals surface area contributed by atoms with Crippen LogP contribution in [0.15, 0.2) is 42.6 Å². The normalized spacial score (nSPS) is 12.4. The standard InChI is InChI=1S/C17H22N/c1-13-8-6-7-9-15(13)16-11-10-14(12-18(16)5)17(2,3)4/h6-12H,1-5H3/q+1/i12D. The van der Waals surface area contributed by atoms with Crippen LogP contribution in [0.25, 0.3) is 11.3 Å². The van der Waals surface area contributed by atoms with Gasteiger partial charge in [0, 0.05) is 17.2 Å². The van der Waals surface area contributed by atoms with Crippen molar-refractivity contribution in [1.82, 2.24) is 0 Å². The summed E-state index contributed by atoms with van der Waals surface area (Å²) in [5.41, 5.74) is 4.60. The molecule has 0 aliphatic rings. The highest BCUT2D eigenvalue weighted by atomic mass is 14.9. The Hall–Kier alpha value is -1.63. The average molecular weight is 241 g/mol. The van der Waals surface area contributed by atoms with Gasteiger partial charge in [0.15, 0.2) is 6.17 Å². The fourth-order valence-electron chi connectivity index (χ4n) is 2.10. The van der Waals surface area contributed by atoms with Crippen molar-refractivity contribution in [3.8, 4) is 11.3 Å². The van der Waals surface area contributed by atoms with E-state index in [1.165, 1.54) is 11.1 Å². The topological polar surface area (TPSA) is 3.88 Å². The number of hydrogen-bond acceptors (Lipinski definition) is 0. The second-order valence-electron chi connectivity index (χ2n) is 5.87. The quantitative estimate of drug-likeness (QED) is 0.669. The third-order valence-corrected chi connectivity index (χ3v) is 3.29. The zero-order valence-electron chi connectivity index (χ0n) is 12.9. The number of pyridine rings is 1. The Bertz CT molecular complexity index is 609. The summed E-state index contributed by atoms with van der Waals surface area (Å²) in [4.78, 5) is 0. The molecular weight excluding hydrogens is 218 g/mol. The molecule has 18 heavy (non-hydrogen) atoms. The van der Waals surface area contributed by atoms with Crippen molar-refractivity contribution >= 4 is 0 Å². The molecule has 1 nitrogen and oxygen atoms in total. The molecule has 0 spiro atoms. The van der Waals surface area contributed by atoms with E-state index >= 15 is 0 Å². The van der Waals surface area contributed by atoms with E-state index in [2.05, 4.69) is 52.0 Å². The first-order valence-electron chi connectivity index (χ1n) is 6.88. The summed E-state index contributed by atoms with van der Waals surface area (Å²) in [5.74, 6) is 0. The summed E-state index contributed by atoms with van der Waals surface area (Å²) >= 11 is 0. The largest absolute Gasteiger partial charge is 0.212 e. The predicted molar refractivity (Wildman–Crippen MR) is 76.5 cm³/mol. The first-order chi connectivity index (χ1) is 8.82. The average Bonchev–Trinajstić information content (AvgIpc) is 2.32. The van der Waals surface area contributed by atoms with E-state index < -0.39 is 0 Å². The summed E-state index contributed by atoms with van der Waals surface area (Å²) < 4.78 is 10.3. The molecule has 1 aromatic heterocycles. The van der Waals surface area contributed by atoms with Crippen molar-refractivity contribution in [2.75, 3.05) is 0 Å². The van der Waals surface area contributed by atoms with Crippen molar-refractivity contribution in [2.24, 2.45) is 7.05 Å². The minimum atomic E-state index is -0.000887. The van der Waals surface area contributed by atoms with E-state index in [9.17, 15) is 0 Å². The molecule has 0 aliphatic heterocycles. The fraction of sp³-hybridized carbons (Fsp3) is 0.353. The van der Waals surface area contributed by atoms with Crippen LogP contribution in [0.2, 0.25) is 0 Å². The van der Waals surface area contributed by atoms with Crippen LogP contribution >= 0.6 is 0 Å². The zero-order valence-corrected chi connectivity index (χ0v) is 11.9. The first kappa shape index (κ1) is 11.5. The van der Waals surface area contributed by atoms with E-state index in [4.69, 9.17) is 1.37 Å². The Morgan fingerprint density at radius 2 is 1.72 bits per heavy atom. The van der Waals surface area contributed by atoms with Gasteiger partial charge in [0.2, 0.25) is 5.69 Å². The Labute approximate surface area is 112 Å². The van der Waals surface area contributed by atoms with Crippen LogP contribution in [0.1, 0.15) is 33.3 Å². The number of hydrogen-bond donors (Lipinski definition) is 0. The molecule has 0 atom stereocenters. The summed E-state index contributed by atoms with van der Waals surface area (Å²) in [7, 11) is 1.97. The van der Waals surface area contributed by atoms with Crippen LogP contribution < -0.4 is 4.57 Å². The van der Waals surface area contributed by atoms with Crippen LogP contribution in [-0.4, -0.2) is 0 Å². The van der Waals surface area contributed by atoms with Gasteiger partial charge in [0.1, 0.15) is 8.42 Å². The molecule has 1 heteroatoms. The second kappa shape index (κ2) is 4.56. The molecule has 1 aromatic carbocycles. The molecule has 2 rings (SSSR count). The summed E-state index contributed by atoms with van der Waals surface area (Å²) in [6.45, 7) is 8.55. The van der Waals surface area contributed by atoms with Gasteiger partial charge in [-0.05, 0) is 30.0 Å². The molecule has 0 bridgehead atoms. The highest BCUT2D eigenvalue weighted by Gasteiger charge is 2.19. The highest BCUT2D eigenvalue weighted by molar-refractivity contribution is 5.60. The van der Waals surface area contributed by atoms with Gasteiger partial charge < -0.3 is 0 Å². The lowest BCUT2D eigenvalue weighted by Gasteiger charge is -2.17. The SMILES string of the molecule is [2H]c1c(C(C)(C)C)ccc(-c2ccccc2C)[n+]1C. The van der Waals surface area contributed by atoms with Crippen molar-refractivity contribution in [2.45, 2.75) is 33.1 Å². The van der Waals surface area contributed by atoms with Crippen molar-refractivity contribution in [3.05, 3.63) is 53.7 Å². The van der Waals surface area contributed by atoms with Gasteiger partial charge >= 0.3 is 0 Å². The van der Waals surface area contributed by atoms with Gasteiger partial charge in [-0.1, -0.05) is 39.0 Å². The summed E-state index contributed by atoms with van der Waals surface area (Å²) in [6, 6.07) is 12.5. The molecule has 0 N–H and O–H groups in total. The molecule has 0 unspecified atom stereocenters. The summed E-state index contributed by atoms with van der Waals surface area (Å²) in [6.07, 6.45) is 0.591. The zero-order chi connectivity index (χ0) is 14.2. The highest BCUT2D eigenvalue weighted by Crippen LogP contribution is 2.24. The molecule has 1 heterocycles. The van der Waals surface area contributed by atoms with E-state index in [1.54, 1.807) is 0 Å². The summed E-state index contributed by atoms with van der Waals surface area (Å²) in [5, 5.41) is 0. The van der Waals surface area contributed by atoms with Crippen LogP contribution in [0.3, 0.4) is 0 Å². The lowest BCUT2D eigenvalue weighted by molar-refractivity contribution is -0.661. The van der Waals surface area contributed by atoms with Crippen LogP contribution in [0, 0.1) is 6.92 Å². The van der Waals surface area contributed by atoms with E-state index in [-0.39, 0.29) is 5.41 Å². The van der Waals surface area contributed by atoms with Gasteiger partial charge in [-0.2, -0.15) is 0 Å². The fourth-order valence-corrected chi connectivity index (χ4v) is 2.10. The maximum atomic E-state index is 8.37. The number of rotatable bonds is 1. The molecule has 0 fully saturated rings. The van der Waals surface area contributed by atoms with Gasteiger partial charge in [-0.3, -0.25) is 0 Å². The lowest BCUT2D eigenvalue weighted by atomic mass is 9.88. The third kappa shape index (κ3) is 2.45. The number of benzene rings is 1. The molecule has 0 amide bonds. The first-order valence-corrected chi connectivity index (χ1v) is 6.38. The monoisotopic (exact) mass is 241 g/mol. The predicted octanol–water partition coefficient (Wildman–Crippen LogP) is 3.78. The van der Waals surface area contributed by atoms with Gasteiger partial charge in [-0.15, -0.1) is 0 Å². The number of aryl methyl sites for hydroxylation is 1. The Morgan fingerprint density at radius 3 is 2.33 bits per heavy atom. The van der Waals surface area contributed by atoms with E-state index in [0.717, 1.165) is 11.3 Å². The smallest absolute Gasteiger partial charge is 0.201 e.